The van der Waals surface area contributed by atoms with Crippen molar-refractivity contribution in [2.24, 2.45) is 5.73 Å². The van der Waals surface area contributed by atoms with Crippen molar-refractivity contribution in [1.29, 1.82) is 0 Å². The number of carbonyl (C=O) groups excluding carboxylic acids is 1. The third-order valence-corrected chi connectivity index (χ3v) is 7.06. The first-order valence-corrected chi connectivity index (χ1v) is 9.69. The fourth-order valence-corrected chi connectivity index (χ4v) is 5.57. The number of nitrogens with one attached hydrogen (secondary N) is 1. The summed E-state index contributed by atoms with van der Waals surface area (Å²) >= 11 is 1.24. The number of nitrogens with zero attached hydrogens (tertiary/aromatic N) is 1. The van der Waals surface area contributed by atoms with Gasteiger partial charge in [0.1, 0.15) is 10.3 Å². The van der Waals surface area contributed by atoms with E-state index in [1.807, 2.05) is 13.8 Å². The number of carbonyl (C=O) groups is 1. The molecule has 0 radical (unpaired) electrons. The molecule has 2 unspecified atom stereocenters. The number of thiophene rings is 1. The SMILES string of the molecule is Cc1ccc(S(=O)(=O)N2CCCC2C(=O)NCCC(C)N)s1. The van der Waals surface area contributed by atoms with E-state index in [1.54, 1.807) is 12.1 Å². The molecule has 1 aliphatic heterocycles. The molecule has 2 rings (SSSR count). The Hall–Kier alpha value is -0.960. The van der Waals surface area contributed by atoms with Crippen LogP contribution in [0.25, 0.3) is 0 Å². The topological polar surface area (TPSA) is 92.5 Å². The molecule has 8 heteroatoms. The number of aryl methyl sites for hydroxylation is 1. The number of sulfonamides is 1. The van der Waals surface area contributed by atoms with Gasteiger partial charge in [-0.05, 0) is 45.2 Å². The molecule has 0 aromatic carbocycles. The van der Waals surface area contributed by atoms with Crippen molar-refractivity contribution in [3.63, 3.8) is 0 Å². The van der Waals surface area contributed by atoms with Crippen LogP contribution >= 0.6 is 11.3 Å². The van der Waals surface area contributed by atoms with Crippen LogP contribution in [0.5, 0.6) is 0 Å². The maximum Gasteiger partial charge on any atom is 0.253 e. The van der Waals surface area contributed by atoms with Crippen LogP contribution in [-0.2, 0) is 14.8 Å². The first kappa shape index (κ1) is 17.4. The van der Waals surface area contributed by atoms with Gasteiger partial charge in [-0.1, -0.05) is 0 Å². The minimum Gasteiger partial charge on any atom is -0.355 e. The minimum atomic E-state index is -3.59. The molecule has 1 aromatic heterocycles. The molecule has 0 saturated carbocycles. The van der Waals surface area contributed by atoms with E-state index in [0.29, 0.717) is 36.6 Å². The molecule has 1 aliphatic rings. The van der Waals surface area contributed by atoms with Gasteiger partial charge in [-0.2, -0.15) is 4.31 Å². The molecule has 22 heavy (non-hydrogen) atoms. The molecule has 3 N–H and O–H groups in total. The maximum atomic E-state index is 12.7. The average molecular weight is 345 g/mol. The summed E-state index contributed by atoms with van der Waals surface area (Å²) < 4.78 is 27.0. The Morgan fingerprint density at radius 1 is 1.55 bits per heavy atom. The third kappa shape index (κ3) is 3.87. The molecule has 2 atom stereocenters. The Morgan fingerprint density at radius 2 is 2.27 bits per heavy atom. The van der Waals surface area contributed by atoms with Crippen LogP contribution in [0.15, 0.2) is 16.3 Å². The highest BCUT2D eigenvalue weighted by atomic mass is 32.2. The molecule has 0 spiro atoms. The lowest BCUT2D eigenvalue weighted by Gasteiger charge is -2.22. The van der Waals surface area contributed by atoms with Gasteiger partial charge in [-0.3, -0.25) is 4.79 Å². The Bertz CT molecular complexity index is 625. The van der Waals surface area contributed by atoms with E-state index in [9.17, 15) is 13.2 Å². The first-order valence-electron chi connectivity index (χ1n) is 7.44. The molecule has 1 aromatic rings. The molecule has 1 fully saturated rings. The standard InChI is InChI=1S/C14H23N3O3S2/c1-10(15)7-8-16-14(18)12-4-3-9-17(12)22(19,20)13-6-5-11(2)21-13/h5-6,10,12H,3-4,7-9,15H2,1-2H3,(H,16,18). The summed E-state index contributed by atoms with van der Waals surface area (Å²) in [4.78, 5) is 13.2. The second kappa shape index (κ2) is 7.08. The van der Waals surface area contributed by atoms with Crippen LogP contribution in [0.1, 0.15) is 31.1 Å². The predicted molar refractivity (Wildman–Crippen MR) is 87.2 cm³/mol. The van der Waals surface area contributed by atoms with Gasteiger partial charge >= 0.3 is 0 Å². The molecule has 0 aliphatic carbocycles. The highest BCUT2D eigenvalue weighted by Gasteiger charge is 2.39. The summed E-state index contributed by atoms with van der Waals surface area (Å²) in [6.45, 7) is 4.60. The van der Waals surface area contributed by atoms with Gasteiger partial charge in [0.15, 0.2) is 0 Å². The maximum absolute atomic E-state index is 12.7. The van der Waals surface area contributed by atoms with E-state index < -0.39 is 16.1 Å². The highest BCUT2D eigenvalue weighted by Crippen LogP contribution is 2.30. The van der Waals surface area contributed by atoms with Crippen molar-refractivity contribution in [2.75, 3.05) is 13.1 Å². The van der Waals surface area contributed by atoms with E-state index in [0.717, 1.165) is 4.88 Å². The van der Waals surface area contributed by atoms with Crippen molar-refractivity contribution >= 4 is 27.3 Å². The number of nitrogens with two attached hydrogens (primary N) is 1. The summed E-state index contributed by atoms with van der Waals surface area (Å²) in [7, 11) is -3.59. The monoisotopic (exact) mass is 345 g/mol. The molecule has 124 valence electrons. The number of hydrogen-bond donors (Lipinski definition) is 2. The summed E-state index contributed by atoms with van der Waals surface area (Å²) in [5.74, 6) is -0.227. The van der Waals surface area contributed by atoms with Gasteiger partial charge < -0.3 is 11.1 Å². The average Bonchev–Trinajstić information content (AvgIpc) is 3.06. The van der Waals surface area contributed by atoms with Crippen LogP contribution in [0.2, 0.25) is 0 Å². The Balaban J connectivity index is 2.08. The normalized spacial score (nSPS) is 21.0. The molecular formula is C14H23N3O3S2. The van der Waals surface area contributed by atoms with Gasteiger partial charge in [0, 0.05) is 24.0 Å². The van der Waals surface area contributed by atoms with Gasteiger partial charge in [-0.15, -0.1) is 11.3 Å². The second-order valence-electron chi connectivity index (χ2n) is 5.70. The van der Waals surface area contributed by atoms with Crippen molar-refractivity contribution in [3.8, 4) is 0 Å². The fraction of sp³-hybridized carbons (Fsp3) is 0.643. The van der Waals surface area contributed by atoms with Gasteiger partial charge in [0.2, 0.25) is 5.91 Å². The summed E-state index contributed by atoms with van der Waals surface area (Å²) in [5.41, 5.74) is 5.65. The van der Waals surface area contributed by atoms with Crippen molar-refractivity contribution < 1.29 is 13.2 Å². The van der Waals surface area contributed by atoms with Crippen LogP contribution in [0.4, 0.5) is 0 Å². The second-order valence-corrected chi connectivity index (χ2v) is 9.10. The Kier molecular flexibility index (Phi) is 5.60. The predicted octanol–water partition coefficient (Wildman–Crippen LogP) is 1.06. The quantitative estimate of drug-likeness (QED) is 0.806. The molecule has 0 bridgehead atoms. The zero-order valence-corrected chi connectivity index (χ0v) is 14.5. The zero-order valence-electron chi connectivity index (χ0n) is 12.9. The Labute approximate surface area is 135 Å². The molecule has 1 amide bonds. The number of hydrogen-bond acceptors (Lipinski definition) is 5. The van der Waals surface area contributed by atoms with Crippen LogP contribution in [0, 0.1) is 6.92 Å². The highest BCUT2D eigenvalue weighted by molar-refractivity contribution is 7.91. The van der Waals surface area contributed by atoms with Crippen molar-refractivity contribution in [2.45, 2.75) is 49.4 Å². The largest absolute Gasteiger partial charge is 0.355 e. The van der Waals surface area contributed by atoms with Gasteiger partial charge in [0.05, 0.1) is 0 Å². The van der Waals surface area contributed by atoms with Crippen LogP contribution < -0.4 is 11.1 Å². The number of amides is 1. The van der Waals surface area contributed by atoms with E-state index in [4.69, 9.17) is 5.73 Å². The molecule has 6 nitrogen and oxygen atoms in total. The van der Waals surface area contributed by atoms with E-state index in [-0.39, 0.29) is 11.9 Å². The van der Waals surface area contributed by atoms with Crippen molar-refractivity contribution in [1.82, 2.24) is 9.62 Å². The molecule has 1 saturated heterocycles. The van der Waals surface area contributed by atoms with E-state index in [1.165, 1.54) is 15.6 Å². The van der Waals surface area contributed by atoms with E-state index in [2.05, 4.69) is 5.32 Å². The minimum absolute atomic E-state index is 0.0119. The lowest BCUT2D eigenvalue weighted by atomic mass is 10.2. The lowest BCUT2D eigenvalue weighted by Crippen LogP contribution is -2.46. The van der Waals surface area contributed by atoms with Crippen LogP contribution in [0.3, 0.4) is 0 Å². The lowest BCUT2D eigenvalue weighted by molar-refractivity contribution is -0.124. The number of rotatable bonds is 6. The zero-order chi connectivity index (χ0) is 16.3. The van der Waals surface area contributed by atoms with Crippen molar-refractivity contribution in [3.05, 3.63) is 17.0 Å². The van der Waals surface area contributed by atoms with Gasteiger partial charge in [-0.25, -0.2) is 8.42 Å². The molecular weight excluding hydrogens is 322 g/mol. The molecule has 2 heterocycles. The van der Waals surface area contributed by atoms with Crippen LogP contribution in [-0.4, -0.2) is 43.8 Å². The summed E-state index contributed by atoms with van der Waals surface area (Å²) in [6, 6.07) is 2.79. The third-order valence-electron chi connectivity index (χ3n) is 3.68. The van der Waals surface area contributed by atoms with E-state index >= 15 is 0 Å². The van der Waals surface area contributed by atoms with Gasteiger partial charge in [0.25, 0.3) is 10.0 Å². The summed E-state index contributed by atoms with van der Waals surface area (Å²) in [5, 5.41) is 2.79. The first-order chi connectivity index (χ1) is 10.3. The Morgan fingerprint density at radius 3 is 2.86 bits per heavy atom. The fourth-order valence-electron chi connectivity index (χ4n) is 2.50. The smallest absolute Gasteiger partial charge is 0.253 e. The summed E-state index contributed by atoms with van der Waals surface area (Å²) in [6.07, 6.45) is 1.94.